The van der Waals surface area contributed by atoms with Crippen LogP contribution in [0.4, 0.5) is 5.69 Å². The molecular formula is C17H13N3O3. The summed E-state index contributed by atoms with van der Waals surface area (Å²) in [6.45, 7) is 0. The number of benzene rings is 2. The van der Waals surface area contributed by atoms with Crippen molar-refractivity contribution in [3.05, 3.63) is 64.7 Å². The molecule has 0 aliphatic rings. The van der Waals surface area contributed by atoms with Gasteiger partial charge < -0.3 is 10.6 Å². The maximum Gasteiger partial charge on any atom is 0.255 e. The highest BCUT2D eigenvalue weighted by Gasteiger charge is 2.12. The van der Waals surface area contributed by atoms with Crippen LogP contribution in [0.15, 0.2) is 42.5 Å². The van der Waals surface area contributed by atoms with Crippen molar-refractivity contribution in [3.63, 3.8) is 0 Å². The van der Waals surface area contributed by atoms with E-state index < -0.39 is 5.91 Å². The van der Waals surface area contributed by atoms with Crippen LogP contribution >= 0.6 is 0 Å². The predicted octanol–water partition coefficient (Wildman–Crippen LogP) is 1.98. The number of nitriles is 1. The van der Waals surface area contributed by atoms with Gasteiger partial charge in [-0.15, -0.1) is 0 Å². The van der Waals surface area contributed by atoms with Crippen LogP contribution in [-0.2, 0) is 0 Å². The van der Waals surface area contributed by atoms with E-state index in [1.807, 2.05) is 6.07 Å². The van der Waals surface area contributed by atoms with Crippen LogP contribution in [0, 0.1) is 11.3 Å². The fraction of sp³-hybridized carbons (Fsp3) is 0.0588. The predicted molar refractivity (Wildman–Crippen MR) is 84.3 cm³/mol. The first kappa shape index (κ1) is 15.9. The molecule has 0 aromatic heterocycles. The van der Waals surface area contributed by atoms with Crippen molar-refractivity contribution in [2.24, 2.45) is 0 Å². The quantitative estimate of drug-likeness (QED) is 0.844. The molecule has 2 aromatic carbocycles. The molecule has 2 aromatic rings. The van der Waals surface area contributed by atoms with Crippen LogP contribution < -0.4 is 10.6 Å². The summed E-state index contributed by atoms with van der Waals surface area (Å²) in [5, 5.41) is 13.8. The number of nitrogens with zero attached hydrogens (tertiary/aromatic N) is 1. The first-order valence-corrected chi connectivity index (χ1v) is 6.72. The molecule has 0 radical (unpaired) electrons. The number of aldehydes is 1. The van der Waals surface area contributed by atoms with Crippen molar-refractivity contribution in [1.82, 2.24) is 5.32 Å². The van der Waals surface area contributed by atoms with Crippen molar-refractivity contribution in [2.75, 3.05) is 12.4 Å². The summed E-state index contributed by atoms with van der Waals surface area (Å²) in [6.07, 6.45) is 0.580. The Morgan fingerprint density at radius 2 is 1.78 bits per heavy atom. The number of nitrogens with one attached hydrogen (secondary N) is 2. The molecule has 2 amide bonds. The summed E-state index contributed by atoms with van der Waals surface area (Å²) >= 11 is 0. The van der Waals surface area contributed by atoms with E-state index in [4.69, 9.17) is 5.26 Å². The molecule has 0 saturated heterocycles. The summed E-state index contributed by atoms with van der Waals surface area (Å²) < 4.78 is 0. The third kappa shape index (κ3) is 3.60. The molecule has 6 nitrogen and oxygen atoms in total. The molecule has 114 valence electrons. The van der Waals surface area contributed by atoms with Gasteiger partial charge in [-0.05, 0) is 42.5 Å². The fourth-order valence-electron chi connectivity index (χ4n) is 1.97. The number of carbonyl (C=O) groups excluding carboxylic acids is 3. The summed E-state index contributed by atoms with van der Waals surface area (Å²) in [7, 11) is 1.46. The van der Waals surface area contributed by atoms with E-state index in [1.54, 1.807) is 12.1 Å². The van der Waals surface area contributed by atoms with Gasteiger partial charge in [0.1, 0.15) is 0 Å². The lowest BCUT2D eigenvalue weighted by Gasteiger charge is -2.09. The Labute approximate surface area is 132 Å². The van der Waals surface area contributed by atoms with Gasteiger partial charge in [0, 0.05) is 23.9 Å². The van der Waals surface area contributed by atoms with Gasteiger partial charge in [-0.2, -0.15) is 5.26 Å². The molecule has 2 rings (SSSR count). The smallest absolute Gasteiger partial charge is 0.255 e. The summed E-state index contributed by atoms with van der Waals surface area (Å²) in [6, 6.07) is 12.6. The Kier molecular flexibility index (Phi) is 4.85. The Hall–Kier alpha value is -3.46. The molecule has 6 heteroatoms. The lowest BCUT2D eigenvalue weighted by Crippen LogP contribution is -2.20. The van der Waals surface area contributed by atoms with Crippen LogP contribution in [0.3, 0.4) is 0 Å². The number of hydrogen-bond acceptors (Lipinski definition) is 4. The summed E-state index contributed by atoms with van der Waals surface area (Å²) in [5.74, 6) is -0.794. The number of carbonyl (C=O) groups is 3. The molecule has 23 heavy (non-hydrogen) atoms. The highest BCUT2D eigenvalue weighted by atomic mass is 16.2. The minimum atomic E-state index is -0.415. The molecule has 0 saturated carbocycles. The molecule has 0 aliphatic heterocycles. The van der Waals surface area contributed by atoms with E-state index in [2.05, 4.69) is 10.6 Å². The van der Waals surface area contributed by atoms with Gasteiger partial charge in [0.05, 0.1) is 17.2 Å². The van der Waals surface area contributed by atoms with Crippen LogP contribution in [0.5, 0.6) is 0 Å². The molecule has 0 bridgehead atoms. The van der Waals surface area contributed by atoms with Gasteiger partial charge in [0.15, 0.2) is 6.29 Å². The molecule has 0 fully saturated rings. The highest BCUT2D eigenvalue weighted by molar-refractivity contribution is 6.06. The van der Waals surface area contributed by atoms with Crippen molar-refractivity contribution in [3.8, 4) is 6.07 Å². The second-order valence-electron chi connectivity index (χ2n) is 4.64. The van der Waals surface area contributed by atoms with Crippen molar-refractivity contribution >= 4 is 23.8 Å². The van der Waals surface area contributed by atoms with E-state index in [1.165, 1.54) is 37.4 Å². The number of rotatable bonds is 4. The zero-order valence-electron chi connectivity index (χ0n) is 12.3. The Morgan fingerprint density at radius 1 is 1.09 bits per heavy atom. The maximum atomic E-state index is 12.2. The van der Waals surface area contributed by atoms with E-state index in [0.29, 0.717) is 23.1 Å². The fourth-order valence-corrected chi connectivity index (χ4v) is 1.97. The van der Waals surface area contributed by atoms with Gasteiger partial charge in [-0.25, -0.2) is 0 Å². The Balaban J connectivity index is 2.25. The molecule has 0 unspecified atom stereocenters. The van der Waals surface area contributed by atoms with Crippen LogP contribution in [0.1, 0.15) is 36.6 Å². The molecule has 0 atom stereocenters. The van der Waals surface area contributed by atoms with Crippen molar-refractivity contribution < 1.29 is 14.4 Å². The van der Waals surface area contributed by atoms with Crippen molar-refractivity contribution in [1.29, 1.82) is 5.26 Å². The van der Waals surface area contributed by atoms with E-state index in [-0.39, 0.29) is 17.0 Å². The molecular weight excluding hydrogens is 294 g/mol. The standard InChI is InChI=1S/C17H13N3O3/c1-19-17(23)15-8-14(7-6-13(15)10-21)20-16(22)12-4-2-11(9-18)3-5-12/h2-8,10H,1H3,(H,19,23)(H,20,22). The zero-order chi connectivity index (χ0) is 16.8. The number of anilines is 1. The van der Waals surface area contributed by atoms with Gasteiger partial charge in [-0.1, -0.05) is 0 Å². The monoisotopic (exact) mass is 307 g/mol. The van der Waals surface area contributed by atoms with Crippen LogP contribution in [0.25, 0.3) is 0 Å². The van der Waals surface area contributed by atoms with E-state index in [0.717, 1.165) is 0 Å². The molecule has 0 aliphatic carbocycles. The molecule has 0 spiro atoms. The van der Waals surface area contributed by atoms with Gasteiger partial charge in [-0.3, -0.25) is 14.4 Å². The lowest BCUT2D eigenvalue weighted by atomic mass is 10.1. The SMILES string of the molecule is CNC(=O)c1cc(NC(=O)c2ccc(C#N)cc2)ccc1C=O. The minimum absolute atomic E-state index is 0.181. The topological polar surface area (TPSA) is 99.1 Å². The molecule has 0 heterocycles. The third-order valence-corrected chi connectivity index (χ3v) is 3.19. The third-order valence-electron chi connectivity index (χ3n) is 3.19. The Morgan fingerprint density at radius 3 is 2.35 bits per heavy atom. The number of hydrogen-bond donors (Lipinski definition) is 2. The normalized spacial score (nSPS) is 9.57. The first-order chi connectivity index (χ1) is 11.1. The van der Waals surface area contributed by atoms with Crippen LogP contribution in [0.2, 0.25) is 0 Å². The summed E-state index contributed by atoms with van der Waals surface area (Å²) in [5.41, 5.74) is 1.65. The first-order valence-electron chi connectivity index (χ1n) is 6.72. The van der Waals surface area contributed by atoms with Gasteiger partial charge in [0.25, 0.3) is 11.8 Å². The molecule has 2 N–H and O–H groups in total. The lowest BCUT2D eigenvalue weighted by molar-refractivity contribution is 0.0956. The van der Waals surface area contributed by atoms with Crippen LogP contribution in [-0.4, -0.2) is 25.1 Å². The van der Waals surface area contributed by atoms with Crippen molar-refractivity contribution in [2.45, 2.75) is 0 Å². The highest BCUT2D eigenvalue weighted by Crippen LogP contribution is 2.16. The maximum absolute atomic E-state index is 12.2. The number of amides is 2. The minimum Gasteiger partial charge on any atom is -0.355 e. The van der Waals surface area contributed by atoms with Gasteiger partial charge >= 0.3 is 0 Å². The Bertz CT molecular complexity index is 805. The average Bonchev–Trinajstić information content (AvgIpc) is 2.61. The zero-order valence-corrected chi connectivity index (χ0v) is 12.3. The van der Waals surface area contributed by atoms with E-state index in [9.17, 15) is 14.4 Å². The second kappa shape index (κ2) is 7.00. The summed E-state index contributed by atoms with van der Waals surface area (Å²) in [4.78, 5) is 34.9. The second-order valence-corrected chi connectivity index (χ2v) is 4.64. The average molecular weight is 307 g/mol. The van der Waals surface area contributed by atoms with Gasteiger partial charge in [0.2, 0.25) is 0 Å². The largest absolute Gasteiger partial charge is 0.355 e. The van der Waals surface area contributed by atoms with E-state index >= 15 is 0 Å².